The van der Waals surface area contributed by atoms with Crippen LogP contribution in [0.5, 0.6) is 11.5 Å². The van der Waals surface area contributed by atoms with Gasteiger partial charge in [0.2, 0.25) is 11.8 Å². The normalized spacial score (nSPS) is 11.3. The van der Waals surface area contributed by atoms with E-state index in [4.69, 9.17) is 14.7 Å². The Balaban J connectivity index is 1.70. The number of carbonyl (C=O) groups excluding carboxylic acids is 3. The van der Waals surface area contributed by atoms with Gasteiger partial charge >= 0.3 is 0 Å². The largest absolute Gasteiger partial charge is 0.493 e. The van der Waals surface area contributed by atoms with Crippen molar-refractivity contribution in [3.8, 4) is 11.5 Å². The molecule has 0 fully saturated rings. The van der Waals surface area contributed by atoms with Crippen molar-refractivity contribution in [2.45, 2.75) is 18.9 Å². The second-order valence-corrected chi connectivity index (χ2v) is 7.90. The van der Waals surface area contributed by atoms with E-state index < -0.39 is 17.9 Å². The maximum absolute atomic E-state index is 13.0. The third-order valence-corrected chi connectivity index (χ3v) is 5.51. The van der Waals surface area contributed by atoms with E-state index in [1.54, 1.807) is 29.2 Å². The van der Waals surface area contributed by atoms with Crippen molar-refractivity contribution in [3.05, 3.63) is 70.2 Å². The van der Waals surface area contributed by atoms with Crippen molar-refractivity contribution in [2.24, 2.45) is 0 Å². The van der Waals surface area contributed by atoms with Crippen LogP contribution in [0.15, 0.2) is 53.4 Å². The first-order chi connectivity index (χ1) is 16.4. The summed E-state index contributed by atoms with van der Waals surface area (Å²) in [5, 5.41) is 16.0. The lowest BCUT2D eigenvalue weighted by Gasteiger charge is -2.18. The van der Waals surface area contributed by atoms with Gasteiger partial charge < -0.3 is 20.1 Å². The SMILES string of the molecule is COc1ccc(CC(=O)N[C@@H](Cc2cscn2)C(=O)Nc2ccc(C(=O)NO)cc2)cc1OC. The summed E-state index contributed by atoms with van der Waals surface area (Å²) in [6.45, 7) is 0. The molecule has 10 nitrogen and oxygen atoms in total. The summed E-state index contributed by atoms with van der Waals surface area (Å²) in [4.78, 5) is 41.4. The molecule has 0 aliphatic carbocycles. The number of methoxy groups -OCH3 is 2. The van der Waals surface area contributed by atoms with E-state index in [1.807, 2.05) is 5.38 Å². The number of rotatable bonds is 10. The minimum Gasteiger partial charge on any atom is -0.493 e. The lowest BCUT2D eigenvalue weighted by atomic mass is 10.1. The van der Waals surface area contributed by atoms with Crippen LogP contribution in [0.25, 0.3) is 0 Å². The number of nitrogens with zero attached hydrogens (tertiary/aromatic N) is 1. The maximum atomic E-state index is 13.0. The molecule has 0 unspecified atom stereocenters. The van der Waals surface area contributed by atoms with Crippen LogP contribution in [-0.2, 0) is 22.4 Å². The molecule has 0 saturated carbocycles. The molecule has 0 bridgehead atoms. The zero-order chi connectivity index (χ0) is 24.5. The Morgan fingerprint density at radius 3 is 2.41 bits per heavy atom. The van der Waals surface area contributed by atoms with Crippen molar-refractivity contribution >= 4 is 34.7 Å². The van der Waals surface area contributed by atoms with Crippen LogP contribution in [0.2, 0.25) is 0 Å². The van der Waals surface area contributed by atoms with Crippen molar-refractivity contribution in [1.29, 1.82) is 0 Å². The predicted molar refractivity (Wildman–Crippen MR) is 125 cm³/mol. The molecule has 0 radical (unpaired) electrons. The van der Waals surface area contributed by atoms with E-state index in [0.29, 0.717) is 28.4 Å². The molecule has 178 valence electrons. The predicted octanol–water partition coefficient (Wildman–Crippen LogP) is 2.19. The Bertz CT molecular complexity index is 1130. The molecule has 3 rings (SSSR count). The molecule has 2 aromatic carbocycles. The highest BCUT2D eigenvalue weighted by Gasteiger charge is 2.23. The van der Waals surface area contributed by atoms with Gasteiger partial charge in [-0.2, -0.15) is 0 Å². The minimum absolute atomic E-state index is 0.0339. The molecule has 3 aromatic rings. The molecule has 1 heterocycles. The number of amides is 3. The molecule has 0 aliphatic heterocycles. The van der Waals surface area contributed by atoms with E-state index in [0.717, 1.165) is 0 Å². The van der Waals surface area contributed by atoms with Crippen LogP contribution in [0.3, 0.4) is 0 Å². The number of nitrogens with one attached hydrogen (secondary N) is 3. The Labute approximate surface area is 199 Å². The molecular weight excluding hydrogens is 460 g/mol. The number of ether oxygens (including phenoxy) is 2. The fourth-order valence-electron chi connectivity index (χ4n) is 3.18. The lowest BCUT2D eigenvalue weighted by molar-refractivity contribution is -0.126. The Kier molecular flexibility index (Phi) is 8.54. The van der Waals surface area contributed by atoms with Gasteiger partial charge in [-0.15, -0.1) is 11.3 Å². The molecule has 3 amide bonds. The van der Waals surface area contributed by atoms with Crippen molar-refractivity contribution < 1.29 is 29.1 Å². The van der Waals surface area contributed by atoms with Gasteiger partial charge in [0.25, 0.3) is 5.91 Å². The lowest BCUT2D eigenvalue weighted by Crippen LogP contribution is -2.45. The summed E-state index contributed by atoms with van der Waals surface area (Å²) in [6, 6.07) is 10.2. The fraction of sp³-hybridized carbons (Fsp3) is 0.217. The first-order valence-electron chi connectivity index (χ1n) is 10.2. The van der Waals surface area contributed by atoms with Crippen LogP contribution in [-0.4, -0.2) is 48.2 Å². The highest BCUT2D eigenvalue weighted by atomic mass is 32.1. The van der Waals surface area contributed by atoms with Crippen molar-refractivity contribution in [1.82, 2.24) is 15.8 Å². The highest BCUT2D eigenvalue weighted by molar-refractivity contribution is 7.07. The molecule has 0 aliphatic rings. The van der Waals surface area contributed by atoms with Crippen LogP contribution in [0.1, 0.15) is 21.6 Å². The fourth-order valence-corrected chi connectivity index (χ4v) is 3.75. The van der Waals surface area contributed by atoms with E-state index in [2.05, 4.69) is 15.6 Å². The summed E-state index contributed by atoms with van der Waals surface area (Å²) >= 11 is 1.39. The zero-order valence-electron chi connectivity index (χ0n) is 18.5. The summed E-state index contributed by atoms with van der Waals surface area (Å²) in [7, 11) is 3.04. The Hall–Kier alpha value is -3.96. The maximum Gasteiger partial charge on any atom is 0.274 e. The smallest absolute Gasteiger partial charge is 0.274 e. The van der Waals surface area contributed by atoms with Gasteiger partial charge in [-0.1, -0.05) is 6.07 Å². The standard InChI is InChI=1S/C23H24N4O6S/c1-32-19-8-3-14(9-20(19)33-2)10-21(28)26-18(11-17-12-34-13-24-17)23(30)25-16-6-4-15(5-7-16)22(29)27-31/h3-9,12-13,18,31H,10-11H2,1-2H3,(H,25,30)(H,26,28)(H,27,29)/t18-/m0/s1. The van der Waals surface area contributed by atoms with Gasteiger partial charge in [0.05, 0.1) is 31.8 Å². The molecule has 1 atom stereocenters. The molecule has 34 heavy (non-hydrogen) atoms. The number of carbonyl (C=O) groups is 3. The summed E-state index contributed by atoms with van der Waals surface area (Å²) in [5.41, 5.74) is 5.22. The number of anilines is 1. The molecular formula is C23H24N4O6S. The number of benzene rings is 2. The van der Waals surface area contributed by atoms with Crippen LogP contribution >= 0.6 is 11.3 Å². The zero-order valence-corrected chi connectivity index (χ0v) is 19.3. The third kappa shape index (κ3) is 6.53. The number of thiazole rings is 1. The number of aromatic nitrogens is 1. The summed E-state index contributed by atoms with van der Waals surface area (Å²) in [5.74, 6) is -0.398. The monoisotopic (exact) mass is 484 g/mol. The quantitative estimate of drug-likeness (QED) is 0.256. The van der Waals surface area contributed by atoms with Crippen LogP contribution in [0, 0.1) is 0 Å². The van der Waals surface area contributed by atoms with Gasteiger partial charge in [-0.05, 0) is 42.0 Å². The molecule has 0 saturated heterocycles. The van der Waals surface area contributed by atoms with Crippen LogP contribution < -0.4 is 25.6 Å². The Morgan fingerprint density at radius 1 is 1.06 bits per heavy atom. The molecule has 4 N–H and O–H groups in total. The van der Waals surface area contributed by atoms with Gasteiger partial charge in [-0.25, -0.2) is 10.5 Å². The average Bonchev–Trinajstić information content (AvgIpc) is 3.36. The average molecular weight is 485 g/mol. The van der Waals surface area contributed by atoms with E-state index in [-0.39, 0.29) is 24.3 Å². The number of hydrogen-bond donors (Lipinski definition) is 4. The van der Waals surface area contributed by atoms with Crippen molar-refractivity contribution in [3.63, 3.8) is 0 Å². The Morgan fingerprint density at radius 2 is 1.79 bits per heavy atom. The van der Waals surface area contributed by atoms with Gasteiger partial charge in [0.15, 0.2) is 11.5 Å². The van der Waals surface area contributed by atoms with Gasteiger partial charge in [0, 0.05) is 23.1 Å². The number of hydrogen-bond acceptors (Lipinski definition) is 8. The molecule has 0 spiro atoms. The van der Waals surface area contributed by atoms with E-state index >= 15 is 0 Å². The third-order valence-electron chi connectivity index (χ3n) is 4.88. The highest BCUT2D eigenvalue weighted by Crippen LogP contribution is 2.27. The second-order valence-electron chi connectivity index (χ2n) is 7.18. The topological polar surface area (TPSA) is 139 Å². The molecule has 1 aromatic heterocycles. The van der Waals surface area contributed by atoms with Crippen molar-refractivity contribution in [2.75, 3.05) is 19.5 Å². The summed E-state index contributed by atoms with van der Waals surface area (Å²) in [6.07, 6.45) is 0.240. The second kappa shape index (κ2) is 11.8. The van der Waals surface area contributed by atoms with Crippen LogP contribution in [0.4, 0.5) is 5.69 Å². The van der Waals surface area contributed by atoms with E-state index in [9.17, 15) is 14.4 Å². The summed E-state index contributed by atoms with van der Waals surface area (Å²) < 4.78 is 10.5. The van der Waals surface area contributed by atoms with Gasteiger partial charge in [-0.3, -0.25) is 19.6 Å². The minimum atomic E-state index is -0.879. The van der Waals surface area contributed by atoms with Gasteiger partial charge in [0.1, 0.15) is 6.04 Å². The molecule has 11 heteroatoms. The van der Waals surface area contributed by atoms with E-state index in [1.165, 1.54) is 49.8 Å². The first-order valence-corrected chi connectivity index (χ1v) is 11.1. The first kappa shape index (κ1) is 24.7. The number of hydroxylamine groups is 1.